The Labute approximate surface area is 222 Å². The number of carboxylic acid groups (broad SMARTS) is 1. The van der Waals surface area contributed by atoms with Crippen LogP contribution >= 0.6 is 23.2 Å². The molecule has 1 N–H and O–H groups in total. The van der Waals surface area contributed by atoms with Crippen LogP contribution < -0.4 is 0 Å². The molecule has 1 aromatic heterocycles. The quantitative estimate of drug-likeness (QED) is 0.255. The van der Waals surface area contributed by atoms with Gasteiger partial charge in [-0.15, -0.1) is 0 Å². The Morgan fingerprint density at radius 3 is 2.25 bits per heavy atom. The monoisotopic (exact) mass is 520 g/mol. The van der Waals surface area contributed by atoms with E-state index in [1.165, 1.54) is 0 Å². The molecule has 1 atom stereocenters. The van der Waals surface area contributed by atoms with Crippen LogP contribution in [0.1, 0.15) is 75.2 Å². The lowest BCUT2D eigenvalue weighted by Crippen LogP contribution is -2.15. The number of hydrogen-bond donors (Lipinski definition) is 1. The van der Waals surface area contributed by atoms with Gasteiger partial charge in [0.25, 0.3) is 0 Å². The summed E-state index contributed by atoms with van der Waals surface area (Å²) in [6.07, 6.45) is 0.589. The number of rotatable bonds is 8. The van der Waals surface area contributed by atoms with E-state index < -0.39 is 5.97 Å². The van der Waals surface area contributed by atoms with E-state index in [-0.39, 0.29) is 17.5 Å². The van der Waals surface area contributed by atoms with E-state index in [0.717, 1.165) is 39.1 Å². The Hall–Kier alpha value is -3.08. The highest BCUT2D eigenvalue weighted by atomic mass is 35.5. The van der Waals surface area contributed by atoms with Gasteiger partial charge in [0.15, 0.2) is 5.69 Å². The zero-order valence-corrected chi connectivity index (χ0v) is 22.4. The van der Waals surface area contributed by atoms with Crippen LogP contribution in [0.3, 0.4) is 0 Å². The summed E-state index contributed by atoms with van der Waals surface area (Å²) in [5.41, 5.74) is 7.05. The van der Waals surface area contributed by atoms with Crippen LogP contribution in [0.4, 0.5) is 0 Å². The molecule has 0 spiro atoms. The predicted octanol–water partition coefficient (Wildman–Crippen LogP) is 8.05. The second kappa shape index (κ2) is 10.9. The largest absolute Gasteiger partial charge is 0.476 e. The van der Waals surface area contributed by atoms with Crippen LogP contribution in [0.5, 0.6) is 0 Å². The number of nitrogens with zero attached hydrogens (tertiary/aromatic N) is 2. The molecule has 0 aliphatic carbocycles. The molecule has 0 aliphatic rings. The summed E-state index contributed by atoms with van der Waals surface area (Å²) < 4.78 is 1.86. The van der Waals surface area contributed by atoms with Crippen LogP contribution in [0.15, 0.2) is 66.7 Å². The molecule has 0 aliphatic heterocycles. The van der Waals surface area contributed by atoms with E-state index in [0.29, 0.717) is 23.0 Å². The van der Waals surface area contributed by atoms with Gasteiger partial charge in [0.1, 0.15) is 0 Å². The molecular weight excluding hydrogens is 491 g/mol. The van der Waals surface area contributed by atoms with Gasteiger partial charge in [0, 0.05) is 27.2 Å². The first-order chi connectivity index (χ1) is 17.2. The van der Waals surface area contributed by atoms with Crippen molar-refractivity contribution in [3.05, 3.63) is 122 Å². The number of aryl methyl sites for hydroxylation is 2. The number of aromatic carboxylic acids is 1. The second-order valence-electron chi connectivity index (χ2n) is 9.58. The van der Waals surface area contributed by atoms with Crippen molar-refractivity contribution in [3.8, 4) is 0 Å². The molecule has 4 rings (SSSR count). The molecule has 0 amide bonds. The van der Waals surface area contributed by atoms with Crippen LogP contribution in [0.2, 0.25) is 10.0 Å². The molecule has 4 aromatic rings. The highest BCUT2D eigenvalue weighted by molar-refractivity contribution is 6.31. The third kappa shape index (κ3) is 5.50. The predicted molar refractivity (Wildman–Crippen MR) is 147 cm³/mol. The lowest BCUT2D eigenvalue weighted by atomic mass is 9.80. The molecule has 186 valence electrons. The fraction of sp³-hybridized carbons (Fsp3) is 0.267. The van der Waals surface area contributed by atoms with Crippen LogP contribution in [0, 0.1) is 13.8 Å². The number of halogens is 2. The summed E-state index contributed by atoms with van der Waals surface area (Å²) in [4.78, 5) is 12.6. The lowest BCUT2D eigenvalue weighted by Gasteiger charge is -2.24. The smallest absolute Gasteiger partial charge is 0.356 e. The molecule has 0 radical (unpaired) electrons. The third-order valence-electron chi connectivity index (χ3n) is 6.65. The zero-order chi connectivity index (χ0) is 26.0. The van der Waals surface area contributed by atoms with Gasteiger partial charge >= 0.3 is 5.97 Å². The van der Waals surface area contributed by atoms with Crippen molar-refractivity contribution >= 4 is 29.2 Å². The maximum atomic E-state index is 12.6. The van der Waals surface area contributed by atoms with Gasteiger partial charge in [-0.25, -0.2) is 4.79 Å². The van der Waals surface area contributed by atoms with Gasteiger partial charge in [0.05, 0.1) is 6.54 Å². The Morgan fingerprint density at radius 2 is 1.61 bits per heavy atom. The molecule has 0 fully saturated rings. The minimum Gasteiger partial charge on any atom is -0.476 e. The standard InChI is InChI=1S/C30H30Cl2N2O2/c1-18(2)29-27(28(30(35)36)33-34(29)17-21-8-6-5-7-9-21)26(25-13-12-23(31)14-20(25)4)16-22-15-24(32)11-10-19(22)3/h5-15,18,26H,16-17H2,1-4H3,(H,35,36). The lowest BCUT2D eigenvalue weighted by molar-refractivity contribution is 0.0688. The van der Waals surface area contributed by atoms with E-state index in [9.17, 15) is 9.90 Å². The van der Waals surface area contributed by atoms with Crippen molar-refractivity contribution in [2.24, 2.45) is 0 Å². The minimum atomic E-state index is -1.03. The number of hydrogen-bond acceptors (Lipinski definition) is 2. The third-order valence-corrected chi connectivity index (χ3v) is 7.12. The summed E-state index contributed by atoms with van der Waals surface area (Å²) in [6, 6.07) is 21.6. The van der Waals surface area contributed by atoms with E-state index in [1.54, 1.807) is 0 Å². The van der Waals surface area contributed by atoms with Crippen molar-refractivity contribution in [1.82, 2.24) is 9.78 Å². The van der Waals surface area contributed by atoms with Gasteiger partial charge in [-0.3, -0.25) is 4.68 Å². The summed E-state index contributed by atoms with van der Waals surface area (Å²) >= 11 is 12.7. The first kappa shape index (κ1) is 26.0. The van der Waals surface area contributed by atoms with Crippen LogP contribution in [-0.2, 0) is 13.0 Å². The number of carbonyl (C=O) groups is 1. The van der Waals surface area contributed by atoms with E-state index in [2.05, 4.69) is 25.9 Å². The van der Waals surface area contributed by atoms with Crippen molar-refractivity contribution in [3.63, 3.8) is 0 Å². The van der Waals surface area contributed by atoms with Gasteiger partial charge in [-0.05, 0) is 78.3 Å². The average Bonchev–Trinajstić information content (AvgIpc) is 3.20. The number of benzene rings is 3. The van der Waals surface area contributed by atoms with Gasteiger partial charge < -0.3 is 5.11 Å². The molecule has 4 nitrogen and oxygen atoms in total. The van der Waals surface area contributed by atoms with Crippen molar-refractivity contribution in [2.75, 3.05) is 0 Å². The number of carboxylic acids is 1. The Morgan fingerprint density at radius 1 is 0.944 bits per heavy atom. The Bertz CT molecular complexity index is 1390. The number of aromatic nitrogens is 2. The SMILES string of the molecule is Cc1ccc(Cl)cc1CC(c1ccc(Cl)cc1C)c1c(C(=O)O)nn(Cc2ccccc2)c1C(C)C. The highest BCUT2D eigenvalue weighted by Gasteiger charge is 2.32. The molecule has 0 saturated heterocycles. The van der Waals surface area contributed by atoms with Crippen molar-refractivity contribution in [2.45, 2.75) is 52.5 Å². The second-order valence-corrected chi connectivity index (χ2v) is 10.5. The summed E-state index contributed by atoms with van der Waals surface area (Å²) in [6.45, 7) is 8.74. The molecule has 1 heterocycles. The average molecular weight is 521 g/mol. The zero-order valence-electron chi connectivity index (χ0n) is 20.9. The van der Waals surface area contributed by atoms with Gasteiger partial charge in [-0.2, -0.15) is 5.10 Å². The molecule has 0 bridgehead atoms. The molecule has 0 saturated carbocycles. The summed E-state index contributed by atoms with van der Waals surface area (Å²) in [5, 5.41) is 16.3. The van der Waals surface area contributed by atoms with Gasteiger partial charge in [-0.1, -0.05) is 79.5 Å². The van der Waals surface area contributed by atoms with E-state index in [1.807, 2.05) is 78.3 Å². The Balaban J connectivity index is 1.97. The Kier molecular flexibility index (Phi) is 7.87. The van der Waals surface area contributed by atoms with Crippen molar-refractivity contribution in [1.29, 1.82) is 0 Å². The maximum Gasteiger partial charge on any atom is 0.356 e. The minimum absolute atomic E-state index is 0.0554. The molecule has 3 aromatic carbocycles. The van der Waals surface area contributed by atoms with Crippen LogP contribution in [0.25, 0.3) is 0 Å². The molecular formula is C30H30Cl2N2O2. The molecule has 1 unspecified atom stereocenters. The van der Waals surface area contributed by atoms with E-state index >= 15 is 0 Å². The summed E-state index contributed by atoms with van der Waals surface area (Å²) in [5.74, 6) is -1.22. The fourth-order valence-corrected chi connectivity index (χ4v) is 5.38. The topological polar surface area (TPSA) is 55.1 Å². The normalized spacial score (nSPS) is 12.2. The van der Waals surface area contributed by atoms with Crippen LogP contribution in [-0.4, -0.2) is 20.9 Å². The van der Waals surface area contributed by atoms with Crippen molar-refractivity contribution < 1.29 is 9.90 Å². The van der Waals surface area contributed by atoms with E-state index in [4.69, 9.17) is 23.2 Å². The first-order valence-corrected chi connectivity index (χ1v) is 12.8. The summed E-state index contributed by atoms with van der Waals surface area (Å²) in [7, 11) is 0. The first-order valence-electron chi connectivity index (χ1n) is 12.0. The highest BCUT2D eigenvalue weighted by Crippen LogP contribution is 2.39. The van der Waals surface area contributed by atoms with Gasteiger partial charge in [0.2, 0.25) is 0 Å². The maximum absolute atomic E-state index is 12.6. The molecule has 6 heteroatoms. The fourth-order valence-electron chi connectivity index (χ4n) is 4.95. The molecule has 36 heavy (non-hydrogen) atoms.